The van der Waals surface area contributed by atoms with Crippen molar-refractivity contribution in [1.29, 1.82) is 0 Å². The fourth-order valence-corrected chi connectivity index (χ4v) is 3.30. The van der Waals surface area contributed by atoms with Gasteiger partial charge in [-0.3, -0.25) is 0 Å². The number of amides is 1. The fourth-order valence-electron chi connectivity index (χ4n) is 2.89. The Kier molecular flexibility index (Phi) is 6.61. The Morgan fingerprint density at radius 1 is 1.25 bits per heavy atom. The van der Waals surface area contributed by atoms with Crippen LogP contribution in [0.1, 0.15) is 39.4 Å². The number of carbonyl (C=O) groups excluding carboxylic acids is 1. The molecule has 3 rings (SSSR count). The maximum absolute atomic E-state index is 12.1. The minimum absolute atomic E-state index is 0.0708. The van der Waals surface area contributed by atoms with Crippen molar-refractivity contribution in [2.45, 2.75) is 56.8 Å². The molecule has 28 heavy (non-hydrogen) atoms. The lowest BCUT2D eigenvalue weighted by atomic mass is 10.1. The van der Waals surface area contributed by atoms with Gasteiger partial charge in [-0.1, -0.05) is 5.16 Å². The fraction of sp³-hybridized carbons (Fsp3) is 0.550. The van der Waals surface area contributed by atoms with E-state index in [0.29, 0.717) is 31.4 Å². The Labute approximate surface area is 169 Å². The Bertz CT molecular complexity index is 777. The number of thioether (sulfide) groups is 1. The molecule has 1 aromatic heterocycles. The van der Waals surface area contributed by atoms with Gasteiger partial charge in [0.15, 0.2) is 5.82 Å². The lowest BCUT2D eigenvalue weighted by molar-refractivity contribution is -0.0190. The molecule has 0 saturated carbocycles. The van der Waals surface area contributed by atoms with Crippen LogP contribution in [-0.4, -0.2) is 52.2 Å². The topological polar surface area (TPSA) is 77.7 Å². The summed E-state index contributed by atoms with van der Waals surface area (Å²) in [4.78, 5) is 19.4. The zero-order valence-electron chi connectivity index (χ0n) is 16.8. The third-order valence-corrected chi connectivity index (χ3v) is 5.09. The number of aromatic nitrogens is 2. The molecule has 7 nitrogen and oxygen atoms in total. The number of benzene rings is 1. The van der Waals surface area contributed by atoms with E-state index in [4.69, 9.17) is 14.0 Å². The third kappa shape index (κ3) is 5.72. The molecule has 1 fully saturated rings. The van der Waals surface area contributed by atoms with Crippen LogP contribution in [0.4, 0.5) is 4.79 Å². The molecule has 2 heterocycles. The molecule has 0 spiro atoms. The minimum Gasteiger partial charge on any atom is -0.444 e. The number of carbonyl (C=O) groups is 1. The van der Waals surface area contributed by atoms with Crippen LogP contribution in [0.3, 0.4) is 0 Å². The molecule has 0 atom stereocenters. The zero-order valence-corrected chi connectivity index (χ0v) is 17.6. The summed E-state index contributed by atoms with van der Waals surface area (Å²) in [5.41, 5.74) is 0.415. The highest BCUT2D eigenvalue weighted by atomic mass is 32.2. The number of hydrogen-bond donors (Lipinski definition) is 0. The van der Waals surface area contributed by atoms with Gasteiger partial charge in [0.2, 0.25) is 0 Å². The van der Waals surface area contributed by atoms with E-state index in [1.807, 2.05) is 51.3 Å². The van der Waals surface area contributed by atoms with E-state index >= 15 is 0 Å². The Hall–Kier alpha value is -2.06. The van der Waals surface area contributed by atoms with E-state index in [0.717, 1.165) is 18.4 Å². The van der Waals surface area contributed by atoms with Gasteiger partial charge in [0.25, 0.3) is 5.89 Å². The summed E-state index contributed by atoms with van der Waals surface area (Å²) in [5.74, 6) is 1.02. The first-order valence-electron chi connectivity index (χ1n) is 9.40. The maximum atomic E-state index is 12.1. The number of piperidine rings is 1. The number of nitrogens with zero attached hydrogens (tertiary/aromatic N) is 3. The molecule has 0 N–H and O–H groups in total. The summed E-state index contributed by atoms with van der Waals surface area (Å²) in [5, 5.41) is 4.00. The van der Waals surface area contributed by atoms with E-state index in [9.17, 15) is 4.79 Å². The van der Waals surface area contributed by atoms with Gasteiger partial charge in [0, 0.05) is 23.5 Å². The molecule has 0 radical (unpaired) electrons. The molecular formula is C20H27N3O4S. The maximum Gasteiger partial charge on any atom is 0.410 e. The highest BCUT2D eigenvalue weighted by Crippen LogP contribution is 2.22. The molecule has 152 valence electrons. The van der Waals surface area contributed by atoms with Gasteiger partial charge in [-0.25, -0.2) is 4.79 Å². The van der Waals surface area contributed by atoms with Crippen molar-refractivity contribution < 1.29 is 18.8 Å². The number of hydrogen-bond acceptors (Lipinski definition) is 7. The summed E-state index contributed by atoms with van der Waals surface area (Å²) >= 11 is 1.69. The van der Waals surface area contributed by atoms with Crippen LogP contribution < -0.4 is 0 Å². The SMILES string of the molecule is CSc1ccc(-c2nc(COC3CCN(C(=O)OC(C)(C)C)CC3)no2)cc1. The Morgan fingerprint density at radius 2 is 1.93 bits per heavy atom. The minimum atomic E-state index is -0.476. The van der Waals surface area contributed by atoms with Crippen LogP contribution in [0.2, 0.25) is 0 Å². The second kappa shape index (κ2) is 8.96. The molecule has 1 aliphatic rings. The lowest BCUT2D eigenvalue weighted by Gasteiger charge is -2.33. The van der Waals surface area contributed by atoms with E-state index in [1.54, 1.807) is 16.7 Å². The second-order valence-corrected chi connectivity index (χ2v) is 8.60. The quantitative estimate of drug-likeness (QED) is 0.683. The lowest BCUT2D eigenvalue weighted by Crippen LogP contribution is -2.43. The van der Waals surface area contributed by atoms with Crippen molar-refractivity contribution in [1.82, 2.24) is 15.0 Å². The van der Waals surface area contributed by atoms with Gasteiger partial charge in [0.05, 0.1) is 6.10 Å². The first-order chi connectivity index (χ1) is 13.3. The molecule has 0 bridgehead atoms. The van der Waals surface area contributed by atoms with Crippen molar-refractivity contribution in [3.05, 3.63) is 30.1 Å². The Morgan fingerprint density at radius 3 is 2.54 bits per heavy atom. The highest BCUT2D eigenvalue weighted by molar-refractivity contribution is 7.98. The summed E-state index contributed by atoms with van der Waals surface area (Å²) in [6.07, 6.45) is 3.37. The summed E-state index contributed by atoms with van der Waals surface area (Å²) < 4.78 is 16.7. The molecule has 0 unspecified atom stereocenters. The molecule has 2 aromatic rings. The first kappa shape index (κ1) is 20.7. The standard InChI is InChI=1S/C20H27N3O4S/c1-20(2,3)26-19(24)23-11-9-15(10-12-23)25-13-17-21-18(27-22-17)14-5-7-16(28-4)8-6-14/h5-8,15H,9-13H2,1-4H3. The number of likely N-dealkylation sites (tertiary alicyclic amines) is 1. The van der Waals surface area contributed by atoms with Crippen LogP contribution in [0, 0.1) is 0 Å². The molecule has 1 amide bonds. The van der Waals surface area contributed by atoms with Crippen LogP contribution in [0.25, 0.3) is 11.5 Å². The van der Waals surface area contributed by atoms with Gasteiger partial charge >= 0.3 is 6.09 Å². The summed E-state index contributed by atoms with van der Waals surface area (Å²) in [6.45, 7) is 7.16. The van der Waals surface area contributed by atoms with Crippen molar-refractivity contribution in [2.75, 3.05) is 19.3 Å². The average molecular weight is 406 g/mol. The molecule has 0 aliphatic carbocycles. The van der Waals surface area contributed by atoms with E-state index in [-0.39, 0.29) is 12.2 Å². The first-order valence-corrected chi connectivity index (χ1v) is 10.6. The van der Waals surface area contributed by atoms with Crippen LogP contribution in [-0.2, 0) is 16.1 Å². The van der Waals surface area contributed by atoms with E-state index in [1.165, 1.54) is 4.90 Å². The molecular weight excluding hydrogens is 378 g/mol. The van der Waals surface area contributed by atoms with E-state index in [2.05, 4.69) is 10.1 Å². The van der Waals surface area contributed by atoms with Gasteiger partial charge < -0.3 is 18.9 Å². The average Bonchev–Trinajstić information content (AvgIpc) is 3.14. The van der Waals surface area contributed by atoms with Crippen molar-refractivity contribution in [2.24, 2.45) is 0 Å². The van der Waals surface area contributed by atoms with Gasteiger partial charge in [0.1, 0.15) is 12.2 Å². The molecule has 1 aromatic carbocycles. The zero-order chi connectivity index (χ0) is 20.1. The predicted molar refractivity (Wildman–Crippen MR) is 107 cm³/mol. The summed E-state index contributed by atoms with van der Waals surface area (Å²) in [7, 11) is 0. The third-order valence-electron chi connectivity index (χ3n) is 4.35. The normalized spacial score (nSPS) is 15.6. The van der Waals surface area contributed by atoms with E-state index < -0.39 is 5.60 Å². The van der Waals surface area contributed by atoms with Crippen molar-refractivity contribution in [3.63, 3.8) is 0 Å². The van der Waals surface area contributed by atoms with Crippen molar-refractivity contribution >= 4 is 17.9 Å². The van der Waals surface area contributed by atoms with Crippen LogP contribution in [0.15, 0.2) is 33.7 Å². The predicted octanol–water partition coefficient (Wildman–Crippen LogP) is 4.37. The number of rotatable bonds is 5. The van der Waals surface area contributed by atoms with Crippen LogP contribution in [0.5, 0.6) is 0 Å². The highest BCUT2D eigenvalue weighted by Gasteiger charge is 2.27. The number of ether oxygens (including phenoxy) is 2. The Balaban J connectivity index is 1.45. The smallest absolute Gasteiger partial charge is 0.410 e. The molecule has 1 saturated heterocycles. The van der Waals surface area contributed by atoms with Crippen molar-refractivity contribution in [3.8, 4) is 11.5 Å². The second-order valence-electron chi connectivity index (χ2n) is 7.72. The largest absolute Gasteiger partial charge is 0.444 e. The van der Waals surface area contributed by atoms with Crippen LogP contribution >= 0.6 is 11.8 Å². The van der Waals surface area contributed by atoms with Gasteiger partial charge in [-0.05, 0) is 64.1 Å². The van der Waals surface area contributed by atoms with Gasteiger partial charge in [-0.2, -0.15) is 4.98 Å². The summed E-state index contributed by atoms with van der Waals surface area (Å²) in [6, 6.07) is 7.99. The monoisotopic (exact) mass is 405 g/mol. The molecule has 1 aliphatic heterocycles. The van der Waals surface area contributed by atoms with Gasteiger partial charge in [-0.15, -0.1) is 11.8 Å². The molecule has 8 heteroatoms.